The van der Waals surface area contributed by atoms with Gasteiger partial charge in [0.1, 0.15) is 0 Å². The molecule has 4 heavy (non-hydrogen) atoms. The van der Waals surface area contributed by atoms with Crippen LogP contribution in [0.1, 0.15) is 0 Å². The Balaban J connectivity index is 1.97. The molecule has 0 bridgehead atoms. The molecule has 0 fully saturated rings. The van der Waals surface area contributed by atoms with Gasteiger partial charge in [0, 0.05) is 0 Å². The van der Waals surface area contributed by atoms with Crippen LogP contribution in [0.25, 0.3) is 0 Å². The van der Waals surface area contributed by atoms with Gasteiger partial charge in [-0.3, -0.25) is 0 Å². The van der Waals surface area contributed by atoms with Gasteiger partial charge in [0.15, 0.2) is 0 Å². The van der Waals surface area contributed by atoms with E-state index in [0.717, 1.165) is 0 Å². The summed E-state index contributed by atoms with van der Waals surface area (Å²) in [6.07, 6.45) is 0. The van der Waals surface area contributed by atoms with Crippen LogP contribution in [-0.4, -0.2) is 24.4 Å². The fourth-order valence-electron chi connectivity index (χ4n) is 0. The summed E-state index contributed by atoms with van der Waals surface area (Å²) >= 11 is 1.81. The van der Waals surface area contributed by atoms with Crippen molar-refractivity contribution in [3.63, 3.8) is 0 Å². The summed E-state index contributed by atoms with van der Waals surface area (Å²) in [5, 5.41) is 0.653. The first-order valence-corrected chi connectivity index (χ1v) is 1.47. The van der Waals surface area contributed by atoms with Gasteiger partial charge in [-0.1, -0.05) is 0 Å². The Labute approximate surface area is 34.6 Å². The van der Waals surface area contributed by atoms with E-state index >= 15 is 0 Å². The molecule has 0 spiro atoms. The minimum atomic E-state index is -0.181. The summed E-state index contributed by atoms with van der Waals surface area (Å²) in [5.74, 6) is 0. The predicted molar refractivity (Wildman–Crippen MR) is 16.5 cm³/mol. The molecule has 0 rings (SSSR count). The molecule has 0 nitrogen and oxygen atoms in total. The monoisotopic (exact) mass is 54.0 g/mol. The van der Waals surface area contributed by atoms with Gasteiger partial charge < -0.3 is 0 Å². The molecule has 2 heteroatoms. The molecule has 0 N–H and O–H groups in total. The normalized spacial score (nSPS) is 7.75. The minimum absolute atomic E-state index is 0.181. The molecule has 0 saturated heterocycles. The van der Waals surface area contributed by atoms with E-state index in [4.69, 9.17) is 0 Å². The summed E-state index contributed by atoms with van der Waals surface area (Å²) in [4.78, 5) is 0. The first-order chi connectivity index (χ1) is 1.91. The Morgan fingerprint density at radius 2 is 2.00 bits per heavy atom. The van der Waals surface area contributed by atoms with E-state index in [9.17, 15) is 4.39 Å². The topological polar surface area (TPSA) is 0 Å². The van der Waals surface area contributed by atoms with Crippen molar-refractivity contribution in [2.45, 2.75) is 5.09 Å². The second-order valence-electron chi connectivity index (χ2n) is 0.689. The SMILES string of the molecule is [Li][CH2]CF. The molecule has 0 aliphatic heterocycles. The van der Waals surface area contributed by atoms with E-state index in [0.29, 0.717) is 5.09 Å². The second-order valence-corrected chi connectivity index (χ2v) is 0.689. The van der Waals surface area contributed by atoms with E-state index < -0.39 is 0 Å². The molecular formula is C2H4FLi. The second kappa shape index (κ2) is 3.53. The van der Waals surface area contributed by atoms with Crippen LogP contribution in [0.4, 0.5) is 4.39 Å². The van der Waals surface area contributed by atoms with Gasteiger partial charge in [-0.15, -0.1) is 0 Å². The third-order valence-corrected chi connectivity index (χ3v) is 0.189. The summed E-state index contributed by atoms with van der Waals surface area (Å²) in [6.45, 7) is -0.181. The standard InChI is InChI=1S/C2H4F.Li/c1-2-3;/h1-2H2;. The van der Waals surface area contributed by atoms with Crippen LogP contribution in [0.5, 0.6) is 0 Å². The van der Waals surface area contributed by atoms with E-state index in [2.05, 4.69) is 0 Å². The Morgan fingerprint density at radius 3 is 2.00 bits per heavy atom. The Hall–Kier alpha value is 0.527. The maximum absolute atomic E-state index is 10.7. The van der Waals surface area contributed by atoms with Crippen LogP contribution in [0, 0.1) is 0 Å². The van der Waals surface area contributed by atoms with Crippen LogP contribution in [0.15, 0.2) is 0 Å². The van der Waals surface area contributed by atoms with Crippen molar-refractivity contribution in [2.75, 3.05) is 6.67 Å². The van der Waals surface area contributed by atoms with Crippen molar-refractivity contribution in [1.29, 1.82) is 0 Å². The molecule has 0 saturated carbocycles. The van der Waals surface area contributed by atoms with Crippen molar-refractivity contribution in [3.8, 4) is 0 Å². The molecule has 0 aromatic carbocycles. The Morgan fingerprint density at radius 1 is 1.75 bits per heavy atom. The van der Waals surface area contributed by atoms with Crippen molar-refractivity contribution in [1.82, 2.24) is 0 Å². The van der Waals surface area contributed by atoms with E-state index in [1.165, 1.54) is 0 Å². The molecule has 0 aromatic heterocycles. The van der Waals surface area contributed by atoms with Crippen molar-refractivity contribution < 1.29 is 4.39 Å². The molecule has 20 valence electrons. The fourth-order valence-corrected chi connectivity index (χ4v) is 0. The quantitative estimate of drug-likeness (QED) is 0.383. The van der Waals surface area contributed by atoms with Gasteiger partial charge in [0.05, 0.1) is 0 Å². The molecule has 0 amide bonds. The van der Waals surface area contributed by atoms with Crippen LogP contribution < -0.4 is 0 Å². The summed E-state index contributed by atoms with van der Waals surface area (Å²) in [6, 6.07) is 0. The van der Waals surface area contributed by atoms with Gasteiger partial charge in [-0.2, -0.15) is 0 Å². The molecule has 0 aliphatic rings. The first-order valence-electron chi connectivity index (χ1n) is 1.47. The fraction of sp³-hybridized carbons (Fsp3) is 1.00. The number of hydrogen-bond acceptors (Lipinski definition) is 0. The van der Waals surface area contributed by atoms with Gasteiger partial charge >= 0.3 is 33.9 Å². The number of alkyl halides is 1. The van der Waals surface area contributed by atoms with Crippen LogP contribution in [0.2, 0.25) is 5.09 Å². The summed E-state index contributed by atoms with van der Waals surface area (Å²) in [5.41, 5.74) is 0. The zero-order valence-corrected chi connectivity index (χ0v) is 2.79. The van der Waals surface area contributed by atoms with Gasteiger partial charge in [0.25, 0.3) is 0 Å². The van der Waals surface area contributed by atoms with Crippen molar-refractivity contribution in [3.05, 3.63) is 0 Å². The van der Waals surface area contributed by atoms with Gasteiger partial charge in [-0.05, 0) is 0 Å². The zero-order chi connectivity index (χ0) is 3.41. The van der Waals surface area contributed by atoms with E-state index in [1.807, 2.05) is 0 Å². The zero-order valence-electron chi connectivity index (χ0n) is 2.79. The predicted octanol–water partition coefficient (Wildman–Crippen LogP) is 0.543. The molecule has 0 atom stereocenters. The molecule has 0 heterocycles. The van der Waals surface area contributed by atoms with E-state index in [1.54, 1.807) is 17.7 Å². The van der Waals surface area contributed by atoms with Crippen LogP contribution in [0.3, 0.4) is 0 Å². The van der Waals surface area contributed by atoms with Crippen LogP contribution in [-0.2, 0) is 0 Å². The Bertz CT molecular complexity index is 8.00. The summed E-state index contributed by atoms with van der Waals surface area (Å²) in [7, 11) is 0. The number of hydrogen-bond donors (Lipinski definition) is 0. The van der Waals surface area contributed by atoms with Gasteiger partial charge in [-0.25, -0.2) is 0 Å². The average molecular weight is 54.0 g/mol. The molecule has 0 aromatic rings. The first kappa shape index (κ1) is 4.53. The molecule has 0 unspecified atom stereocenters. The van der Waals surface area contributed by atoms with Crippen LogP contribution >= 0.6 is 0 Å². The maximum atomic E-state index is 10.7. The van der Waals surface area contributed by atoms with Crippen molar-refractivity contribution >= 4 is 17.7 Å². The summed E-state index contributed by atoms with van der Waals surface area (Å²) < 4.78 is 10.7. The molecule has 0 radical (unpaired) electrons. The molecular weight excluding hydrogens is 50.0 g/mol. The van der Waals surface area contributed by atoms with Gasteiger partial charge in [0.2, 0.25) is 0 Å². The third kappa shape index (κ3) is 2.53. The number of halogens is 1. The Kier molecular flexibility index (Phi) is 3.99. The van der Waals surface area contributed by atoms with E-state index in [-0.39, 0.29) is 6.67 Å². The van der Waals surface area contributed by atoms with Crippen molar-refractivity contribution in [2.24, 2.45) is 0 Å². The average Bonchev–Trinajstić information content (AvgIpc) is 1.37. The molecule has 0 aliphatic carbocycles. The number of rotatable bonds is 1. The third-order valence-electron chi connectivity index (χ3n) is 0.189.